The predicted molar refractivity (Wildman–Crippen MR) is 83.7 cm³/mol. The van der Waals surface area contributed by atoms with Crippen molar-refractivity contribution in [3.63, 3.8) is 0 Å². The highest BCUT2D eigenvalue weighted by Crippen LogP contribution is 2.11. The maximum atomic E-state index is 12.3. The van der Waals surface area contributed by atoms with Gasteiger partial charge in [0.2, 0.25) is 0 Å². The van der Waals surface area contributed by atoms with E-state index in [-0.39, 0.29) is 6.03 Å². The quantitative estimate of drug-likeness (QED) is 0.886. The van der Waals surface area contributed by atoms with Crippen LogP contribution in [0.5, 0.6) is 0 Å². The van der Waals surface area contributed by atoms with Crippen LogP contribution in [-0.2, 0) is 13.1 Å². The minimum atomic E-state index is -0.136. The lowest BCUT2D eigenvalue weighted by atomic mass is 10.2. The Labute approximate surface area is 124 Å². The number of hydrogen-bond donors (Lipinski definition) is 2. The molecule has 0 fully saturated rings. The second kappa shape index (κ2) is 7.40. The van der Waals surface area contributed by atoms with E-state index in [0.717, 1.165) is 16.9 Å². The summed E-state index contributed by atoms with van der Waals surface area (Å²) < 4.78 is 0. The van der Waals surface area contributed by atoms with Crippen LogP contribution in [0.4, 0.5) is 10.5 Å². The van der Waals surface area contributed by atoms with Gasteiger partial charge < -0.3 is 16.0 Å². The number of nitrogens with two attached hydrogens (primary N) is 1. The Morgan fingerprint density at radius 3 is 2.57 bits per heavy atom. The highest BCUT2D eigenvalue weighted by molar-refractivity contribution is 5.89. The molecule has 1 aromatic carbocycles. The Morgan fingerprint density at radius 1 is 1.24 bits per heavy atom. The molecule has 0 radical (unpaired) electrons. The molecule has 0 aliphatic carbocycles. The van der Waals surface area contributed by atoms with Gasteiger partial charge in [-0.25, -0.2) is 4.79 Å². The SMILES string of the molecule is CCN(Cc1ccccn1)C(=O)Nc1ccc(CN)cc1. The number of nitrogens with zero attached hydrogens (tertiary/aromatic N) is 2. The third-order valence-corrected chi connectivity index (χ3v) is 3.19. The van der Waals surface area contributed by atoms with Crippen LogP contribution in [0.25, 0.3) is 0 Å². The molecule has 2 rings (SSSR count). The fraction of sp³-hybridized carbons (Fsp3) is 0.250. The van der Waals surface area contributed by atoms with Gasteiger partial charge in [0.1, 0.15) is 0 Å². The molecule has 0 bridgehead atoms. The molecule has 0 aliphatic heterocycles. The van der Waals surface area contributed by atoms with Crippen molar-refractivity contribution in [1.29, 1.82) is 0 Å². The Morgan fingerprint density at radius 2 is 2.00 bits per heavy atom. The van der Waals surface area contributed by atoms with E-state index in [1.165, 1.54) is 0 Å². The maximum absolute atomic E-state index is 12.3. The molecule has 3 N–H and O–H groups in total. The molecule has 0 unspecified atom stereocenters. The van der Waals surface area contributed by atoms with Gasteiger partial charge in [0.15, 0.2) is 0 Å². The highest BCUT2D eigenvalue weighted by atomic mass is 16.2. The van der Waals surface area contributed by atoms with E-state index in [2.05, 4.69) is 10.3 Å². The summed E-state index contributed by atoms with van der Waals surface area (Å²) in [6.07, 6.45) is 1.73. The molecule has 1 aromatic heterocycles. The fourth-order valence-corrected chi connectivity index (χ4v) is 1.94. The van der Waals surface area contributed by atoms with Crippen molar-refractivity contribution in [2.75, 3.05) is 11.9 Å². The lowest BCUT2D eigenvalue weighted by Crippen LogP contribution is -2.34. The zero-order valence-corrected chi connectivity index (χ0v) is 12.1. The van der Waals surface area contributed by atoms with Crippen molar-refractivity contribution in [3.05, 3.63) is 59.9 Å². The summed E-state index contributed by atoms with van der Waals surface area (Å²) in [5.74, 6) is 0. The summed E-state index contributed by atoms with van der Waals surface area (Å²) in [7, 11) is 0. The number of urea groups is 1. The van der Waals surface area contributed by atoms with Crippen molar-refractivity contribution in [1.82, 2.24) is 9.88 Å². The number of hydrogen-bond acceptors (Lipinski definition) is 3. The van der Waals surface area contributed by atoms with Crippen LogP contribution in [-0.4, -0.2) is 22.5 Å². The minimum absolute atomic E-state index is 0.136. The molecule has 1 heterocycles. The van der Waals surface area contributed by atoms with Gasteiger partial charge in [0.25, 0.3) is 0 Å². The molecule has 0 saturated heterocycles. The molecule has 0 atom stereocenters. The summed E-state index contributed by atoms with van der Waals surface area (Å²) >= 11 is 0. The van der Waals surface area contributed by atoms with Crippen molar-refractivity contribution in [2.45, 2.75) is 20.0 Å². The highest BCUT2D eigenvalue weighted by Gasteiger charge is 2.12. The molecule has 110 valence electrons. The third-order valence-electron chi connectivity index (χ3n) is 3.19. The van der Waals surface area contributed by atoms with Gasteiger partial charge in [0, 0.05) is 25.0 Å². The summed E-state index contributed by atoms with van der Waals surface area (Å²) in [5, 5.41) is 2.88. The van der Waals surface area contributed by atoms with Crippen molar-refractivity contribution in [2.24, 2.45) is 5.73 Å². The molecule has 0 saturated carbocycles. The van der Waals surface area contributed by atoms with Crippen molar-refractivity contribution in [3.8, 4) is 0 Å². The molecule has 21 heavy (non-hydrogen) atoms. The maximum Gasteiger partial charge on any atom is 0.322 e. The van der Waals surface area contributed by atoms with Crippen molar-refractivity contribution < 1.29 is 4.79 Å². The molecular weight excluding hydrogens is 264 g/mol. The summed E-state index contributed by atoms with van der Waals surface area (Å²) in [5.41, 5.74) is 8.22. The molecule has 2 aromatic rings. The normalized spacial score (nSPS) is 10.2. The van der Waals surface area contributed by atoms with Crippen LogP contribution in [0.3, 0.4) is 0 Å². The molecule has 0 aliphatic rings. The van der Waals surface area contributed by atoms with Crippen LogP contribution in [0.2, 0.25) is 0 Å². The van der Waals surface area contributed by atoms with Gasteiger partial charge in [-0.05, 0) is 36.8 Å². The van der Waals surface area contributed by atoms with Gasteiger partial charge in [-0.15, -0.1) is 0 Å². The second-order valence-electron chi connectivity index (χ2n) is 4.67. The number of pyridine rings is 1. The topological polar surface area (TPSA) is 71.2 Å². The smallest absolute Gasteiger partial charge is 0.322 e. The first-order chi connectivity index (χ1) is 10.2. The largest absolute Gasteiger partial charge is 0.326 e. The zero-order chi connectivity index (χ0) is 15.1. The Kier molecular flexibility index (Phi) is 5.29. The molecule has 0 spiro atoms. The van der Waals surface area contributed by atoms with E-state index < -0.39 is 0 Å². The van der Waals surface area contributed by atoms with Crippen LogP contribution in [0, 0.1) is 0 Å². The van der Waals surface area contributed by atoms with E-state index in [9.17, 15) is 4.79 Å². The molecular formula is C16H20N4O. The van der Waals surface area contributed by atoms with Crippen molar-refractivity contribution >= 4 is 11.7 Å². The third kappa shape index (κ3) is 4.29. The first-order valence-electron chi connectivity index (χ1n) is 6.97. The molecule has 5 nitrogen and oxygen atoms in total. The van der Waals surface area contributed by atoms with Gasteiger partial charge in [-0.3, -0.25) is 4.98 Å². The zero-order valence-electron chi connectivity index (χ0n) is 12.1. The molecule has 2 amide bonds. The average molecular weight is 284 g/mol. The number of benzene rings is 1. The number of amides is 2. The van der Waals surface area contributed by atoms with E-state index in [4.69, 9.17) is 5.73 Å². The van der Waals surface area contributed by atoms with Gasteiger partial charge in [0.05, 0.1) is 12.2 Å². The van der Waals surface area contributed by atoms with Gasteiger partial charge >= 0.3 is 6.03 Å². The van der Waals surface area contributed by atoms with E-state index in [1.807, 2.05) is 49.4 Å². The minimum Gasteiger partial charge on any atom is -0.326 e. The van der Waals surface area contributed by atoms with Gasteiger partial charge in [-0.1, -0.05) is 18.2 Å². The lowest BCUT2D eigenvalue weighted by Gasteiger charge is -2.21. The number of aromatic nitrogens is 1. The monoisotopic (exact) mass is 284 g/mol. The number of carbonyl (C=O) groups is 1. The summed E-state index contributed by atoms with van der Waals surface area (Å²) in [6.45, 7) is 3.54. The Balaban J connectivity index is 1.99. The van der Waals surface area contributed by atoms with E-state index in [1.54, 1.807) is 11.1 Å². The fourth-order valence-electron chi connectivity index (χ4n) is 1.94. The van der Waals surface area contributed by atoms with E-state index >= 15 is 0 Å². The van der Waals surface area contributed by atoms with Crippen LogP contribution in [0.15, 0.2) is 48.7 Å². The Bertz CT molecular complexity index is 569. The van der Waals surface area contributed by atoms with Crippen LogP contribution >= 0.6 is 0 Å². The van der Waals surface area contributed by atoms with Crippen LogP contribution < -0.4 is 11.1 Å². The standard InChI is InChI=1S/C16H20N4O/c1-2-20(12-15-5-3-4-10-18-15)16(21)19-14-8-6-13(11-17)7-9-14/h3-10H,2,11-12,17H2,1H3,(H,19,21). The predicted octanol–water partition coefficient (Wildman–Crippen LogP) is 2.59. The second-order valence-corrected chi connectivity index (χ2v) is 4.67. The average Bonchev–Trinajstić information content (AvgIpc) is 2.54. The Hall–Kier alpha value is -2.40. The summed E-state index contributed by atoms with van der Waals surface area (Å²) in [6, 6.07) is 13.1. The number of nitrogens with one attached hydrogen (secondary N) is 1. The van der Waals surface area contributed by atoms with Crippen LogP contribution in [0.1, 0.15) is 18.2 Å². The summed E-state index contributed by atoms with van der Waals surface area (Å²) in [4.78, 5) is 18.2. The van der Waals surface area contributed by atoms with Gasteiger partial charge in [-0.2, -0.15) is 0 Å². The first kappa shape index (κ1) is 15.0. The van der Waals surface area contributed by atoms with E-state index in [0.29, 0.717) is 19.6 Å². The first-order valence-corrected chi connectivity index (χ1v) is 6.97. The lowest BCUT2D eigenvalue weighted by molar-refractivity contribution is 0.211. The number of carbonyl (C=O) groups excluding carboxylic acids is 1. The molecule has 5 heteroatoms. The number of rotatable bonds is 5. The number of anilines is 1.